The van der Waals surface area contributed by atoms with Crippen molar-refractivity contribution in [3.8, 4) is 0 Å². The number of aryl methyl sites for hydroxylation is 2. The highest BCUT2D eigenvalue weighted by Crippen LogP contribution is 2.33. The van der Waals surface area contributed by atoms with Crippen molar-refractivity contribution in [1.29, 1.82) is 0 Å². The molecule has 1 heterocycles. The van der Waals surface area contributed by atoms with Crippen LogP contribution < -0.4 is 0 Å². The molecular weight excluding hydrogens is 328 g/mol. The van der Waals surface area contributed by atoms with Crippen LogP contribution in [0.15, 0.2) is 42.5 Å². The first-order valence-corrected chi connectivity index (χ1v) is 9.31. The van der Waals surface area contributed by atoms with Crippen molar-refractivity contribution in [2.75, 3.05) is 6.61 Å². The monoisotopic (exact) mass is 356 g/mol. The summed E-state index contributed by atoms with van der Waals surface area (Å²) in [4.78, 5) is 0. The lowest BCUT2D eigenvalue weighted by Gasteiger charge is -2.36. The van der Waals surface area contributed by atoms with E-state index in [1.165, 1.54) is 22.3 Å². The van der Waals surface area contributed by atoms with Crippen molar-refractivity contribution in [2.24, 2.45) is 0 Å². The van der Waals surface area contributed by atoms with Crippen molar-refractivity contribution >= 4 is 0 Å². The van der Waals surface area contributed by atoms with E-state index in [4.69, 9.17) is 4.74 Å². The molecule has 1 saturated heterocycles. The molecule has 1 aliphatic rings. The Morgan fingerprint density at radius 3 is 2.38 bits per heavy atom. The third kappa shape index (κ3) is 4.15. The zero-order valence-corrected chi connectivity index (χ0v) is 15.4. The van der Waals surface area contributed by atoms with E-state index in [1.54, 1.807) is 0 Å². The van der Waals surface area contributed by atoms with Crippen LogP contribution in [-0.4, -0.2) is 40.2 Å². The van der Waals surface area contributed by atoms with Crippen LogP contribution in [-0.2, 0) is 17.6 Å². The zero-order valence-electron chi connectivity index (χ0n) is 15.4. The van der Waals surface area contributed by atoms with Crippen LogP contribution in [0.3, 0.4) is 0 Å². The predicted molar refractivity (Wildman–Crippen MR) is 101 cm³/mol. The van der Waals surface area contributed by atoms with E-state index in [9.17, 15) is 15.3 Å². The van der Waals surface area contributed by atoms with Gasteiger partial charge in [0.2, 0.25) is 0 Å². The maximum absolute atomic E-state index is 10.1. The van der Waals surface area contributed by atoms with E-state index in [-0.39, 0.29) is 12.7 Å². The molecule has 0 aromatic heterocycles. The molecule has 4 heteroatoms. The lowest BCUT2D eigenvalue weighted by molar-refractivity contribution is -0.181. The van der Waals surface area contributed by atoms with E-state index in [0.29, 0.717) is 6.42 Å². The summed E-state index contributed by atoms with van der Waals surface area (Å²) in [7, 11) is 0. The maximum atomic E-state index is 10.1. The first-order valence-electron chi connectivity index (χ1n) is 9.31. The van der Waals surface area contributed by atoms with Crippen LogP contribution in [0.1, 0.15) is 47.3 Å². The van der Waals surface area contributed by atoms with Gasteiger partial charge in [0.1, 0.15) is 12.2 Å². The fraction of sp³-hybridized carbons (Fsp3) is 0.455. The summed E-state index contributed by atoms with van der Waals surface area (Å²) in [5.41, 5.74) is 5.99. The summed E-state index contributed by atoms with van der Waals surface area (Å²) in [5, 5.41) is 29.4. The fourth-order valence-corrected chi connectivity index (χ4v) is 3.51. The van der Waals surface area contributed by atoms with Crippen LogP contribution in [0.5, 0.6) is 0 Å². The van der Waals surface area contributed by atoms with Gasteiger partial charge in [-0.05, 0) is 47.6 Å². The Balaban J connectivity index is 1.80. The number of aliphatic hydroxyl groups excluding tert-OH is 3. The normalized spacial score (nSPS) is 26.0. The third-order valence-electron chi connectivity index (χ3n) is 5.32. The van der Waals surface area contributed by atoms with Gasteiger partial charge in [0.05, 0.1) is 18.8 Å². The van der Waals surface area contributed by atoms with E-state index >= 15 is 0 Å². The average molecular weight is 356 g/mol. The summed E-state index contributed by atoms with van der Waals surface area (Å²) in [6.45, 7) is 3.94. The largest absolute Gasteiger partial charge is 0.394 e. The van der Waals surface area contributed by atoms with E-state index < -0.39 is 18.3 Å². The SMILES string of the molecule is CCc1ccc(Cc2cc(C3CC(O)C(O)C(CO)O3)ccc2C)cc1. The Bertz CT molecular complexity index is 725. The molecule has 3 rings (SSSR count). The van der Waals surface area contributed by atoms with Crippen molar-refractivity contribution < 1.29 is 20.1 Å². The quantitative estimate of drug-likeness (QED) is 0.770. The number of ether oxygens (including phenoxy) is 1. The Hall–Kier alpha value is -1.72. The Kier molecular flexibility index (Phi) is 6.09. The summed E-state index contributed by atoms with van der Waals surface area (Å²) in [6, 6.07) is 14.9. The number of rotatable bonds is 5. The Morgan fingerprint density at radius 1 is 1.04 bits per heavy atom. The molecule has 26 heavy (non-hydrogen) atoms. The second-order valence-electron chi connectivity index (χ2n) is 7.17. The molecule has 0 amide bonds. The van der Waals surface area contributed by atoms with Crippen molar-refractivity contribution in [2.45, 2.75) is 57.5 Å². The van der Waals surface area contributed by atoms with Crippen molar-refractivity contribution in [3.63, 3.8) is 0 Å². The first-order chi connectivity index (χ1) is 12.5. The van der Waals surface area contributed by atoms with Crippen molar-refractivity contribution in [1.82, 2.24) is 0 Å². The lowest BCUT2D eigenvalue weighted by atomic mass is 9.91. The maximum Gasteiger partial charge on any atom is 0.110 e. The fourth-order valence-electron chi connectivity index (χ4n) is 3.51. The highest BCUT2D eigenvalue weighted by Gasteiger charge is 2.36. The van der Waals surface area contributed by atoms with Gasteiger partial charge >= 0.3 is 0 Å². The second-order valence-corrected chi connectivity index (χ2v) is 7.17. The summed E-state index contributed by atoms with van der Waals surface area (Å²) < 4.78 is 5.82. The van der Waals surface area contributed by atoms with Gasteiger partial charge in [0.25, 0.3) is 0 Å². The van der Waals surface area contributed by atoms with Crippen LogP contribution in [0.2, 0.25) is 0 Å². The third-order valence-corrected chi connectivity index (χ3v) is 5.32. The molecular formula is C22H28O4. The molecule has 4 unspecified atom stereocenters. The summed E-state index contributed by atoms with van der Waals surface area (Å²) in [6.07, 6.45) is -0.817. The number of hydrogen-bond donors (Lipinski definition) is 3. The second kappa shape index (κ2) is 8.31. The smallest absolute Gasteiger partial charge is 0.110 e. The highest BCUT2D eigenvalue weighted by molar-refractivity contribution is 5.37. The topological polar surface area (TPSA) is 69.9 Å². The highest BCUT2D eigenvalue weighted by atomic mass is 16.5. The van der Waals surface area contributed by atoms with Crippen molar-refractivity contribution in [3.05, 3.63) is 70.3 Å². The zero-order chi connectivity index (χ0) is 18.7. The molecule has 1 aliphatic heterocycles. The van der Waals surface area contributed by atoms with Gasteiger partial charge in [-0.15, -0.1) is 0 Å². The lowest BCUT2D eigenvalue weighted by Crippen LogP contribution is -2.47. The summed E-state index contributed by atoms with van der Waals surface area (Å²) in [5.74, 6) is 0. The van der Waals surface area contributed by atoms with Crippen LogP contribution in [0.25, 0.3) is 0 Å². The molecule has 0 saturated carbocycles. The van der Waals surface area contributed by atoms with E-state index in [0.717, 1.165) is 18.4 Å². The number of aliphatic hydroxyl groups is 3. The number of benzene rings is 2. The standard InChI is InChI=1S/C22H28O4/c1-3-15-5-7-16(8-6-15)10-18-11-17(9-4-14(18)2)20-12-19(24)22(25)21(13-23)26-20/h4-9,11,19-25H,3,10,12-13H2,1-2H3. The Labute approximate surface area is 155 Å². The summed E-state index contributed by atoms with van der Waals surface area (Å²) >= 11 is 0. The van der Waals surface area contributed by atoms with Crippen LogP contribution >= 0.6 is 0 Å². The van der Waals surface area contributed by atoms with Gasteiger partial charge in [-0.3, -0.25) is 0 Å². The molecule has 2 aromatic carbocycles. The average Bonchev–Trinajstić information content (AvgIpc) is 2.66. The van der Waals surface area contributed by atoms with Gasteiger partial charge < -0.3 is 20.1 Å². The Morgan fingerprint density at radius 2 is 1.73 bits per heavy atom. The molecule has 0 aliphatic carbocycles. The molecule has 2 aromatic rings. The predicted octanol–water partition coefficient (Wildman–Crippen LogP) is 2.69. The molecule has 140 valence electrons. The van der Waals surface area contributed by atoms with E-state index in [2.05, 4.69) is 50.2 Å². The molecule has 0 bridgehead atoms. The van der Waals surface area contributed by atoms with Gasteiger partial charge in [0, 0.05) is 6.42 Å². The van der Waals surface area contributed by atoms with Gasteiger partial charge in [-0.2, -0.15) is 0 Å². The molecule has 3 N–H and O–H groups in total. The van der Waals surface area contributed by atoms with E-state index in [1.807, 2.05) is 6.07 Å². The minimum absolute atomic E-state index is 0.308. The molecule has 0 spiro atoms. The van der Waals surface area contributed by atoms with Gasteiger partial charge in [-0.1, -0.05) is 49.4 Å². The first kappa shape index (κ1) is 19.1. The minimum atomic E-state index is -1.04. The minimum Gasteiger partial charge on any atom is -0.394 e. The molecule has 4 atom stereocenters. The molecule has 1 fully saturated rings. The van der Waals surface area contributed by atoms with Gasteiger partial charge in [0.15, 0.2) is 0 Å². The van der Waals surface area contributed by atoms with Crippen LogP contribution in [0, 0.1) is 6.92 Å². The van der Waals surface area contributed by atoms with Crippen LogP contribution in [0.4, 0.5) is 0 Å². The number of hydrogen-bond acceptors (Lipinski definition) is 4. The van der Waals surface area contributed by atoms with Gasteiger partial charge in [-0.25, -0.2) is 0 Å². The molecule has 0 radical (unpaired) electrons. The molecule has 4 nitrogen and oxygen atoms in total.